The van der Waals surface area contributed by atoms with Crippen molar-refractivity contribution in [1.82, 2.24) is 5.32 Å². The maximum atomic E-state index is 11.9. The molecule has 0 radical (unpaired) electrons. The van der Waals surface area contributed by atoms with Crippen LogP contribution in [-0.4, -0.2) is 23.0 Å². The smallest absolute Gasteiger partial charge is 0.252 e. The molecule has 94 valence electrons. The van der Waals surface area contributed by atoms with Crippen molar-refractivity contribution in [2.24, 2.45) is 10.9 Å². The molecule has 1 rings (SSSR count). The largest absolute Gasteiger partial charge is 0.409 e. The number of carbonyl (C=O) groups excluding carboxylic acids is 1. The minimum Gasteiger partial charge on any atom is -0.409 e. The molecule has 6 heteroatoms. The van der Waals surface area contributed by atoms with Crippen LogP contribution in [0.15, 0.2) is 15.9 Å². The van der Waals surface area contributed by atoms with Crippen molar-refractivity contribution in [3.05, 3.63) is 21.9 Å². The van der Waals surface area contributed by atoms with Gasteiger partial charge in [-0.25, -0.2) is 0 Å². The van der Waals surface area contributed by atoms with E-state index in [1.54, 1.807) is 5.38 Å². The molecular formula is C11H17N3O2S. The number of rotatable bonds is 5. The molecule has 1 atom stereocenters. The summed E-state index contributed by atoms with van der Waals surface area (Å²) in [7, 11) is 0. The van der Waals surface area contributed by atoms with Gasteiger partial charge in [-0.3, -0.25) is 4.79 Å². The first-order chi connectivity index (χ1) is 8.10. The highest BCUT2D eigenvalue weighted by molar-refractivity contribution is 7.08. The summed E-state index contributed by atoms with van der Waals surface area (Å²) < 4.78 is 0. The Labute approximate surface area is 104 Å². The van der Waals surface area contributed by atoms with Gasteiger partial charge in [-0.05, 0) is 24.3 Å². The number of carbonyl (C=O) groups is 1. The number of nitrogens with zero attached hydrogens (tertiary/aromatic N) is 1. The van der Waals surface area contributed by atoms with Crippen molar-refractivity contribution in [2.45, 2.75) is 32.7 Å². The molecule has 0 aliphatic rings. The van der Waals surface area contributed by atoms with Gasteiger partial charge in [-0.1, -0.05) is 18.5 Å². The zero-order chi connectivity index (χ0) is 12.8. The summed E-state index contributed by atoms with van der Waals surface area (Å²) in [6.07, 6.45) is 1.48. The van der Waals surface area contributed by atoms with Crippen molar-refractivity contribution >= 4 is 23.1 Å². The molecule has 4 N–H and O–H groups in total. The van der Waals surface area contributed by atoms with Gasteiger partial charge in [0, 0.05) is 5.38 Å². The van der Waals surface area contributed by atoms with Gasteiger partial charge in [0.15, 0.2) is 5.84 Å². The number of amides is 1. The van der Waals surface area contributed by atoms with E-state index >= 15 is 0 Å². The molecule has 1 heterocycles. The van der Waals surface area contributed by atoms with Gasteiger partial charge in [0.05, 0.1) is 11.6 Å². The van der Waals surface area contributed by atoms with Gasteiger partial charge in [-0.15, -0.1) is 0 Å². The third kappa shape index (κ3) is 3.45. The van der Waals surface area contributed by atoms with E-state index in [4.69, 9.17) is 10.9 Å². The normalized spacial score (nSPS) is 13.4. The van der Waals surface area contributed by atoms with Crippen LogP contribution >= 0.6 is 11.3 Å². The van der Waals surface area contributed by atoms with E-state index in [0.29, 0.717) is 12.0 Å². The van der Waals surface area contributed by atoms with E-state index < -0.39 is 6.04 Å². The Morgan fingerprint density at radius 3 is 2.82 bits per heavy atom. The quantitative estimate of drug-likeness (QED) is 0.324. The van der Waals surface area contributed by atoms with Gasteiger partial charge in [0.2, 0.25) is 0 Å². The fourth-order valence-corrected chi connectivity index (χ4v) is 2.31. The van der Waals surface area contributed by atoms with Gasteiger partial charge in [0.1, 0.15) is 0 Å². The standard InChI is InChI=1S/C11H17N3O2S/c1-3-4-9(10(12)14-16)13-11(15)8-6-17-5-7(8)2/h5-6,9,16H,3-4H2,1-2H3,(H2,12,14)(H,13,15). The highest BCUT2D eigenvalue weighted by Crippen LogP contribution is 2.13. The highest BCUT2D eigenvalue weighted by atomic mass is 32.1. The molecule has 1 aromatic rings. The molecule has 0 aliphatic heterocycles. The first-order valence-corrected chi connectivity index (χ1v) is 6.35. The lowest BCUT2D eigenvalue weighted by molar-refractivity contribution is 0.0944. The van der Waals surface area contributed by atoms with E-state index in [1.807, 2.05) is 19.2 Å². The summed E-state index contributed by atoms with van der Waals surface area (Å²) in [5.74, 6) is -0.151. The van der Waals surface area contributed by atoms with Crippen LogP contribution < -0.4 is 11.1 Å². The van der Waals surface area contributed by atoms with Gasteiger partial charge in [-0.2, -0.15) is 11.3 Å². The van der Waals surface area contributed by atoms with Crippen molar-refractivity contribution in [1.29, 1.82) is 0 Å². The topological polar surface area (TPSA) is 87.7 Å². The average molecular weight is 255 g/mol. The second-order valence-electron chi connectivity index (χ2n) is 3.81. The Hall–Kier alpha value is -1.56. The van der Waals surface area contributed by atoms with Crippen molar-refractivity contribution in [3.63, 3.8) is 0 Å². The Bertz CT molecular complexity index is 415. The van der Waals surface area contributed by atoms with E-state index in [0.717, 1.165) is 12.0 Å². The zero-order valence-corrected chi connectivity index (χ0v) is 10.8. The molecule has 0 aromatic carbocycles. The summed E-state index contributed by atoms with van der Waals surface area (Å²) in [5, 5.41) is 18.1. The average Bonchev–Trinajstić information content (AvgIpc) is 2.73. The Morgan fingerprint density at radius 1 is 1.65 bits per heavy atom. The van der Waals surface area contributed by atoms with Gasteiger partial charge in [0.25, 0.3) is 5.91 Å². The van der Waals surface area contributed by atoms with Crippen LogP contribution in [0, 0.1) is 6.92 Å². The predicted octanol–water partition coefficient (Wildman–Crippen LogP) is 1.70. The molecule has 5 nitrogen and oxygen atoms in total. The first-order valence-electron chi connectivity index (χ1n) is 5.41. The monoisotopic (exact) mass is 255 g/mol. The lowest BCUT2D eigenvalue weighted by Gasteiger charge is -2.16. The summed E-state index contributed by atoms with van der Waals surface area (Å²) in [5.41, 5.74) is 7.10. The van der Waals surface area contributed by atoms with Crippen LogP contribution in [-0.2, 0) is 0 Å². The number of hydrogen-bond acceptors (Lipinski definition) is 4. The third-order valence-corrected chi connectivity index (χ3v) is 3.32. The molecule has 1 unspecified atom stereocenters. The van der Waals surface area contributed by atoms with Crippen LogP contribution in [0.25, 0.3) is 0 Å². The number of amidine groups is 1. The van der Waals surface area contributed by atoms with E-state index in [-0.39, 0.29) is 11.7 Å². The van der Waals surface area contributed by atoms with Gasteiger partial charge >= 0.3 is 0 Å². The minimum atomic E-state index is -0.420. The molecular weight excluding hydrogens is 238 g/mol. The summed E-state index contributed by atoms with van der Waals surface area (Å²) in [6.45, 7) is 3.85. The van der Waals surface area contributed by atoms with Crippen molar-refractivity contribution in [3.8, 4) is 0 Å². The lowest BCUT2D eigenvalue weighted by Crippen LogP contribution is -2.44. The van der Waals surface area contributed by atoms with Crippen LogP contribution in [0.3, 0.4) is 0 Å². The van der Waals surface area contributed by atoms with E-state index in [9.17, 15) is 4.79 Å². The Kier molecular flexibility index (Phi) is 4.96. The fraction of sp³-hybridized carbons (Fsp3) is 0.455. The Balaban J connectivity index is 2.74. The number of thiophene rings is 1. The van der Waals surface area contributed by atoms with Crippen LogP contribution in [0.5, 0.6) is 0 Å². The lowest BCUT2D eigenvalue weighted by atomic mass is 10.1. The number of oxime groups is 1. The third-order valence-electron chi connectivity index (χ3n) is 2.46. The summed E-state index contributed by atoms with van der Waals surface area (Å²) in [4.78, 5) is 11.9. The van der Waals surface area contributed by atoms with Crippen LogP contribution in [0.1, 0.15) is 35.7 Å². The molecule has 17 heavy (non-hydrogen) atoms. The van der Waals surface area contributed by atoms with E-state index in [2.05, 4.69) is 10.5 Å². The molecule has 0 fully saturated rings. The van der Waals surface area contributed by atoms with Crippen LogP contribution in [0.4, 0.5) is 0 Å². The zero-order valence-electron chi connectivity index (χ0n) is 9.93. The Morgan fingerprint density at radius 2 is 2.35 bits per heavy atom. The fourth-order valence-electron chi connectivity index (χ4n) is 1.48. The summed E-state index contributed by atoms with van der Waals surface area (Å²) in [6, 6.07) is -0.420. The number of nitrogens with two attached hydrogens (primary N) is 1. The van der Waals surface area contributed by atoms with Crippen molar-refractivity contribution in [2.75, 3.05) is 0 Å². The van der Waals surface area contributed by atoms with Crippen molar-refractivity contribution < 1.29 is 10.0 Å². The van der Waals surface area contributed by atoms with E-state index in [1.165, 1.54) is 11.3 Å². The number of nitrogens with one attached hydrogen (secondary N) is 1. The second-order valence-corrected chi connectivity index (χ2v) is 4.55. The minimum absolute atomic E-state index is 0.0353. The molecule has 1 amide bonds. The molecule has 0 saturated carbocycles. The molecule has 0 saturated heterocycles. The molecule has 0 aliphatic carbocycles. The first kappa shape index (κ1) is 13.5. The highest BCUT2D eigenvalue weighted by Gasteiger charge is 2.18. The van der Waals surface area contributed by atoms with Crippen LogP contribution in [0.2, 0.25) is 0 Å². The molecule has 0 spiro atoms. The maximum absolute atomic E-state index is 11.9. The SMILES string of the molecule is CCCC(NC(=O)c1cscc1C)C(N)=NO. The van der Waals surface area contributed by atoms with Gasteiger partial charge < -0.3 is 16.3 Å². The molecule has 0 bridgehead atoms. The number of aryl methyl sites for hydroxylation is 1. The predicted molar refractivity (Wildman–Crippen MR) is 68.6 cm³/mol. The summed E-state index contributed by atoms with van der Waals surface area (Å²) >= 11 is 1.48. The number of hydrogen-bond donors (Lipinski definition) is 3. The second kappa shape index (κ2) is 6.24. The molecule has 1 aromatic heterocycles. The maximum Gasteiger partial charge on any atom is 0.252 e.